The van der Waals surface area contributed by atoms with E-state index in [0.29, 0.717) is 16.5 Å². The van der Waals surface area contributed by atoms with Crippen molar-refractivity contribution in [3.8, 4) is 5.06 Å². The number of rotatable bonds is 6. The van der Waals surface area contributed by atoms with Gasteiger partial charge in [0.15, 0.2) is 10.2 Å². The molecule has 0 aliphatic rings. The van der Waals surface area contributed by atoms with E-state index >= 15 is 0 Å². The molecule has 0 radical (unpaired) electrons. The van der Waals surface area contributed by atoms with Gasteiger partial charge in [-0.3, -0.25) is 14.9 Å². The lowest BCUT2D eigenvalue weighted by molar-refractivity contribution is -0.133. The van der Waals surface area contributed by atoms with E-state index in [1.165, 1.54) is 6.07 Å². The molecule has 33 heavy (non-hydrogen) atoms. The number of fused-ring (bicyclic) bond motifs is 1. The van der Waals surface area contributed by atoms with Crippen molar-refractivity contribution in [3.63, 3.8) is 0 Å². The number of hydrogen-bond donors (Lipinski definition) is 2. The maximum Gasteiger partial charge on any atom is 0.349 e. The zero-order chi connectivity index (χ0) is 24.1. The van der Waals surface area contributed by atoms with Gasteiger partial charge in [-0.05, 0) is 38.2 Å². The molecule has 1 amide bonds. The Labute approximate surface area is 197 Å². The highest BCUT2D eigenvalue weighted by Gasteiger charge is 2.25. The van der Waals surface area contributed by atoms with Gasteiger partial charge in [-0.15, -0.1) is 0 Å². The van der Waals surface area contributed by atoms with Crippen molar-refractivity contribution < 1.29 is 28.3 Å². The number of benzene rings is 1. The SMILES string of the molecule is CCOC(=O)c1c(NC(=S)NC(=O)c2cc3ccccc3oc2=O)sc(OC(=O)CC)c1C. The number of nitrogens with one attached hydrogen (secondary N) is 2. The first-order chi connectivity index (χ1) is 15.7. The monoisotopic (exact) mass is 488 g/mol. The van der Waals surface area contributed by atoms with Crippen LogP contribution in [-0.4, -0.2) is 29.6 Å². The summed E-state index contributed by atoms with van der Waals surface area (Å²) in [7, 11) is 0. The van der Waals surface area contributed by atoms with Crippen LogP contribution in [-0.2, 0) is 9.53 Å². The lowest BCUT2D eigenvalue weighted by Crippen LogP contribution is -2.36. The molecule has 0 spiro atoms. The Morgan fingerprint density at radius 3 is 2.61 bits per heavy atom. The number of esters is 2. The molecule has 2 N–H and O–H groups in total. The zero-order valence-corrected chi connectivity index (χ0v) is 19.6. The molecule has 11 heteroatoms. The quantitative estimate of drug-likeness (QED) is 0.303. The number of amides is 1. The maximum absolute atomic E-state index is 12.6. The van der Waals surface area contributed by atoms with Crippen LogP contribution >= 0.6 is 23.6 Å². The average molecular weight is 489 g/mol. The molecule has 3 aromatic rings. The summed E-state index contributed by atoms with van der Waals surface area (Å²) in [6.07, 6.45) is 0.150. The summed E-state index contributed by atoms with van der Waals surface area (Å²) < 4.78 is 15.5. The summed E-state index contributed by atoms with van der Waals surface area (Å²) in [6, 6.07) is 8.17. The first-order valence-corrected chi connectivity index (χ1v) is 11.1. The Hall–Kier alpha value is -3.57. The summed E-state index contributed by atoms with van der Waals surface area (Å²) in [5.41, 5.74) is -0.179. The molecular formula is C22H20N2O7S2. The van der Waals surface area contributed by atoms with E-state index in [9.17, 15) is 19.2 Å². The van der Waals surface area contributed by atoms with Gasteiger partial charge < -0.3 is 19.2 Å². The minimum atomic E-state index is -0.818. The van der Waals surface area contributed by atoms with Crippen LogP contribution in [0.2, 0.25) is 0 Å². The van der Waals surface area contributed by atoms with E-state index in [1.54, 1.807) is 45.0 Å². The highest BCUT2D eigenvalue weighted by atomic mass is 32.1. The van der Waals surface area contributed by atoms with Gasteiger partial charge >= 0.3 is 17.6 Å². The topological polar surface area (TPSA) is 124 Å². The van der Waals surface area contributed by atoms with Crippen LogP contribution in [0.1, 0.15) is 46.5 Å². The molecule has 0 aliphatic carbocycles. The van der Waals surface area contributed by atoms with E-state index in [-0.39, 0.29) is 39.3 Å². The second-order valence-electron chi connectivity index (χ2n) is 6.66. The smallest absolute Gasteiger partial charge is 0.349 e. The minimum absolute atomic E-state index is 0.127. The number of carbonyl (C=O) groups excluding carboxylic acids is 3. The van der Waals surface area contributed by atoms with E-state index < -0.39 is 23.5 Å². The van der Waals surface area contributed by atoms with E-state index in [2.05, 4.69) is 10.6 Å². The van der Waals surface area contributed by atoms with E-state index in [4.69, 9.17) is 26.1 Å². The molecule has 1 aromatic carbocycles. The van der Waals surface area contributed by atoms with Crippen molar-refractivity contribution in [3.05, 3.63) is 57.4 Å². The second-order valence-corrected chi connectivity index (χ2v) is 8.05. The van der Waals surface area contributed by atoms with Gasteiger partial charge in [0, 0.05) is 17.4 Å². The first-order valence-electron chi connectivity index (χ1n) is 9.91. The van der Waals surface area contributed by atoms with Crippen LogP contribution in [0.15, 0.2) is 39.5 Å². The van der Waals surface area contributed by atoms with Crippen LogP contribution in [0.5, 0.6) is 5.06 Å². The predicted molar refractivity (Wildman–Crippen MR) is 127 cm³/mol. The third kappa shape index (κ3) is 5.44. The van der Waals surface area contributed by atoms with Gasteiger partial charge in [0.25, 0.3) is 5.91 Å². The molecule has 2 heterocycles. The molecule has 172 valence electrons. The number of carbonyl (C=O) groups is 3. The molecule has 3 rings (SSSR count). The summed E-state index contributed by atoms with van der Waals surface area (Å²) >= 11 is 6.16. The molecule has 0 unspecified atom stereocenters. The summed E-state index contributed by atoms with van der Waals surface area (Å²) in [6.45, 7) is 5.04. The van der Waals surface area contributed by atoms with Gasteiger partial charge in [0.05, 0.1) is 6.61 Å². The van der Waals surface area contributed by atoms with Crippen molar-refractivity contribution in [2.45, 2.75) is 27.2 Å². The number of thiocarbonyl (C=S) groups is 1. The lowest BCUT2D eigenvalue weighted by Gasteiger charge is -2.10. The van der Waals surface area contributed by atoms with E-state index in [1.807, 2.05) is 0 Å². The number of anilines is 1. The molecule has 0 bridgehead atoms. The molecule has 0 fully saturated rings. The fourth-order valence-corrected chi connectivity index (χ4v) is 4.15. The standard InChI is InChI=1S/C22H20N2O7S2/c1-4-15(25)31-21-11(3)16(20(28)29-5-2)18(33-21)24-22(32)23-17(26)13-10-12-8-6-7-9-14(12)30-19(13)27/h6-10H,4-5H2,1-3H3,(H2,23,24,26,32). The van der Waals surface area contributed by atoms with Crippen molar-refractivity contribution in [1.82, 2.24) is 5.32 Å². The Kier molecular flexibility index (Phi) is 7.56. The summed E-state index contributed by atoms with van der Waals surface area (Å²) in [5, 5.41) is 5.98. The Morgan fingerprint density at radius 1 is 1.18 bits per heavy atom. The molecule has 9 nitrogen and oxygen atoms in total. The zero-order valence-electron chi connectivity index (χ0n) is 18.0. The van der Waals surface area contributed by atoms with Gasteiger partial charge in [0.2, 0.25) is 0 Å². The van der Waals surface area contributed by atoms with Crippen molar-refractivity contribution in [1.29, 1.82) is 0 Å². The number of hydrogen-bond acceptors (Lipinski definition) is 9. The highest BCUT2D eigenvalue weighted by molar-refractivity contribution is 7.80. The molecule has 0 saturated carbocycles. The molecule has 0 atom stereocenters. The largest absolute Gasteiger partial charge is 0.462 e. The fraction of sp³-hybridized carbons (Fsp3) is 0.227. The van der Waals surface area contributed by atoms with Crippen molar-refractivity contribution >= 4 is 62.5 Å². The summed E-state index contributed by atoms with van der Waals surface area (Å²) in [5.74, 6) is -1.90. The van der Waals surface area contributed by atoms with Gasteiger partial charge in [-0.2, -0.15) is 0 Å². The molecular weight excluding hydrogens is 468 g/mol. The van der Waals surface area contributed by atoms with Gasteiger partial charge in [0.1, 0.15) is 21.7 Å². The van der Waals surface area contributed by atoms with Crippen LogP contribution in [0.25, 0.3) is 11.0 Å². The Bertz CT molecular complexity index is 1310. The predicted octanol–water partition coefficient (Wildman–Crippen LogP) is 3.78. The highest BCUT2D eigenvalue weighted by Crippen LogP contribution is 2.39. The molecule has 0 saturated heterocycles. The first kappa shape index (κ1) is 24.1. The normalized spacial score (nSPS) is 10.5. The minimum Gasteiger partial charge on any atom is -0.462 e. The van der Waals surface area contributed by atoms with Crippen molar-refractivity contribution in [2.75, 3.05) is 11.9 Å². The van der Waals surface area contributed by atoms with Crippen LogP contribution in [0, 0.1) is 6.92 Å². The van der Waals surface area contributed by atoms with Gasteiger partial charge in [-0.1, -0.05) is 36.5 Å². The molecule has 0 aliphatic heterocycles. The fourth-order valence-electron chi connectivity index (χ4n) is 2.83. The second kappa shape index (κ2) is 10.4. The third-order valence-electron chi connectivity index (χ3n) is 4.42. The van der Waals surface area contributed by atoms with Crippen LogP contribution in [0.4, 0.5) is 5.00 Å². The molecule has 2 aromatic heterocycles. The number of thiophene rings is 1. The van der Waals surface area contributed by atoms with Crippen molar-refractivity contribution in [2.24, 2.45) is 0 Å². The lowest BCUT2D eigenvalue weighted by atomic mass is 10.2. The average Bonchev–Trinajstić information content (AvgIpc) is 3.07. The van der Waals surface area contributed by atoms with E-state index in [0.717, 1.165) is 11.3 Å². The van der Waals surface area contributed by atoms with Crippen LogP contribution in [0.3, 0.4) is 0 Å². The number of ether oxygens (including phenoxy) is 2. The number of para-hydroxylation sites is 1. The van der Waals surface area contributed by atoms with Gasteiger partial charge in [-0.25, -0.2) is 9.59 Å². The third-order valence-corrected chi connectivity index (χ3v) is 5.71. The van der Waals surface area contributed by atoms with Crippen LogP contribution < -0.4 is 21.0 Å². The maximum atomic E-state index is 12.6. The Morgan fingerprint density at radius 2 is 1.91 bits per heavy atom. The summed E-state index contributed by atoms with van der Waals surface area (Å²) in [4.78, 5) is 49.0. The Balaban J connectivity index is 1.84.